The number of hydrogen-bond acceptors (Lipinski definition) is 4. The first-order valence-electron chi connectivity index (χ1n) is 7.96. The molecule has 130 valence electrons. The van der Waals surface area contributed by atoms with Crippen molar-refractivity contribution < 1.29 is 17.9 Å². The molecule has 24 heavy (non-hydrogen) atoms. The molecule has 0 aliphatic carbocycles. The van der Waals surface area contributed by atoms with Gasteiger partial charge in [-0.15, -0.1) is 0 Å². The van der Waals surface area contributed by atoms with Crippen molar-refractivity contribution in [2.24, 2.45) is 0 Å². The van der Waals surface area contributed by atoms with Crippen LogP contribution in [0.3, 0.4) is 0 Å². The molecule has 1 aromatic carbocycles. The van der Waals surface area contributed by atoms with Gasteiger partial charge in [0.05, 0.1) is 18.9 Å². The Kier molecular flexibility index (Phi) is 5.40. The van der Waals surface area contributed by atoms with Crippen molar-refractivity contribution in [3.05, 3.63) is 47.0 Å². The van der Waals surface area contributed by atoms with E-state index in [9.17, 15) is 13.2 Å². The van der Waals surface area contributed by atoms with E-state index in [4.69, 9.17) is 4.74 Å². The van der Waals surface area contributed by atoms with Crippen LogP contribution in [0.2, 0.25) is 0 Å². The summed E-state index contributed by atoms with van der Waals surface area (Å²) in [5, 5.41) is 0.449. The first-order valence-corrected chi connectivity index (χ1v) is 8.77. The van der Waals surface area contributed by atoms with Gasteiger partial charge in [0.15, 0.2) is 5.13 Å². The van der Waals surface area contributed by atoms with Gasteiger partial charge in [0, 0.05) is 13.1 Å². The summed E-state index contributed by atoms with van der Waals surface area (Å²) in [5.74, 6) is 0. The number of halogens is 3. The Morgan fingerprint density at radius 1 is 1.17 bits per heavy atom. The third-order valence-electron chi connectivity index (χ3n) is 4.07. The molecule has 1 aliphatic rings. The molecular formula is C17H19F3N2OS. The van der Waals surface area contributed by atoms with Gasteiger partial charge in [-0.2, -0.15) is 13.2 Å². The molecule has 0 spiro atoms. The Morgan fingerprint density at radius 2 is 1.88 bits per heavy atom. The molecule has 3 rings (SSSR count). The number of ether oxygens (including phenoxy) is 1. The van der Waals surface area contributed by atoms with Gasteiger partial charge < -0.3 is 9.64 Å². The van der Waals surface area contributed by atoms with Gasteiger partial charge in [0.1, 0.15) is 4.88 Å². The SMILES string of the molecule is FC(F)(F)c1cnc(N2CCC(OCCc3ccccc3)CC2)s1. The van der Waals surface area contributed by atoms with E-state index in [2.05, 4.69) is 17.1 Å². The summed E-state index contributed by atoms with van der Waals surface area (Å²) < 4.78 is 43.8. The van der Waals surface area contributed by atoms with E-state index in [1.54, 1.807) is 0 Å². The zero-order chi connectivity index (χ0) is 17.0. The highest BCUT2D eigenvalue weighted by atomic mass is 32.1. The first-order chi connectivity index (χ1) is 11.5. The third-order valence-corrected chi connectivity index (χ3v) is 5.18. The summed E-state index contributed by atoms with van der Waals surface area (Å²) in [7, 11) is 0. The third kappa shape index (κ3) is 4.48. The Labute approximate surface area is 143 Å². The van der Waals surface area contributed by atoms with Crippen molar-refractivity contribution in [2.75, 3.05) is 24.6 Å². The van der Waals surface area contributed by atoms with Crippen LogP contribution in [0.1, 0.15) is 23.3 Å². The van der Waals surface area contributed by atoms with Crippen molar-refractivity contribution in [1.82, 2.24) is 4.98 Å². The van der Waals surface area contributed by atoms with Crippen molar-refractivity contribution >= 4 is 16.5 Å². The van der Waals surface area contributed by atoms with Crippen molar-refractivity contribution in [3.8, 4) is 0 Å². The second-order valence-corrected chi connectivity index (χ2v) is 6.81. The molecule has 0 N–H and O–H groups in total. The van der Waals surface area contributed by atoms with E-state index >= 15 is 0 Å². The van der Waals surface area contributed by atoms with Crippen LogP contribution in [0.4, 0.5) is 18.3 Å². The maximum atomic E-state index is 12.6. The summed E-state index contributed by atoms with van der Waals surface area (Å²) in [6.07, 6.45) is -0.711. The normalized spacial score (nSPS) is 16.5. The van der Waals surface area contributed by atoms with Gasteiger partial charge in [-0.1, -0.05) is 41.7 Å². The minimum absolute atomic E-state index is 0.173. The number of nitrogens with zero attached hydrogens (tertiary/aromatic N) is 2. The van der Waals surface area contributed by atoms with Crippen LogP contribution in [0, 0.1) is 0 Å². The van der Waals surface area contributed by atoms with Crippen molar-refractivity contribution in [3.63, 3.8) is 0 Å². The fraction of sp³-hybridized carbons (Fsp3) is 0.471. The van der Waals surface area contributed by atoms with Crippen LogP contribution in [-0.2, 0) is 17.3 Å². The fourth-order valence-electron chi connectivity index (χ4n) is 2.74. The lowest BCUT2D eigenvalue weighted by Gasteiger charge is -2.31. The summed E-state index contributed by atoms with van der Waals surface area (Å²) in [4.78, 5) is 5.19. The predicted octanol–water partition coefficient (Wildman–Crippen LogP) is 4.39. The highest BCUT2D eigenvalue weighted by molar-refractivity contribution is 7.15. The maximum Gasteiger partial charge on any atom is 0.427 e. The van der Waals surface area contributed by atoms with Crippen molar-refractivity contribution in [2.45, 2.75) is 31.5 Å². The lowest BCUT2D eigenvalue weighted by atomic mass is 10.1. The maximum absolute atomic E-state index is 12.6. The van der Waals surface area contributed by atoms with E-state index in [0.29, 0.717) is 36.2 Å². The lowest BCUT2D eigenvalue weighted by molar-refractivity contribution is -0.134. The number of benzene rings is 1. The van der Waals surface area contributed by atoms with E-state index < -0.39 is 11.1 Å². The topological polar surface area (TPSA) is 25.4 Å². The highest BCUT2D eigenvalue weighted by Crippen LogP contribution is 2.37. The summed E-state index contributed by atoms with van der Waals surface area (Å²) in [5.41, 5.74) is 1.25. The fourth-order valence-corrected chi connectivity index (χ4v) is 3.58. The largest absolute Gasteiger partial charge is 0.427 e. The second-order valence-electron chi connectivity index (χ2n) is 5.80. The number of rotatable bonds is 5. The minimum Gasteiger partial charge on any atom is -0.378 e. The number of alkyl halides is 3. The summed E-state index contributed by atoms with van der Waals surface area (Å²) >= 11 is 0.712. The molecule has 1 aliphatic heterocycles. The van der Waals surface area contributed by atoms with Crippen LogP contribution in [-0.4, -0.2) is 30.8 Å². The Hall–Kier alpha value is -1.60. The van der Waals surface area contributed by atoms with Crippen LogP contribution in [0.5, 0.6) is 0 Å². The van der Waals surface area contributed by atoms with Gasteiger partial charge in [0.2, 0.25) is 0 Å². The Balaban J connectivity index is 1.43. The number of aromatic nitrogens is 1. The number of anilines is 1. The molecule has 3 nitrogen and oxygen atoms in total. The molecule has 0 saturated carbocycles. The van der Waals surface area contributed by atoms with E-state index in [-0.39, 0.29) is 6.10 Å². The van der Waals surface area contributed by atoms with Crippen molar-refractivity contribution in [1.29, 1.82) is 0 Å². The molecule has 0 amide bonds. The molecule has 1 fully saturated rings. The lowest BCUT2D eigenvalue weighted by Crippen LogP contribution is -2.37. The molecule has 0 bridgehead atoms. The Bertz CT molecular complexity index is 637. The molecule has 2 heterocycles. The number of hydrogen-bond donors (Lipinski definition) is 0. The van der Waals surface area contributed by atoms with Gasteiger partial charge in [-0.25, -0.2) is 4.98 Å². The molecule has 2 aromatic rings. The van der Waals surface area contributed by atoms with Crippen LogP contribution in [0.15, 0.2) is 36.5 Å². The molecule has 0 atom stereocenters. The van der Waals surface area contributed by atoms with Gasteiger partial charge >= 0.3 is 6.18 Å². The van der Waals surface area contributed by atoms with Crippen LogP contribution < -0.4 is 4.90 Å². The van der Waals surface area contributed by atoms with Crippen LogP contribution >= 0.6 is 11.3 Å². The van der Waals surface area contributed by atoms with E-state index in [1.165, 1.54) is 5.56 Å². The number of piperidine rings is 1. The van der Waals surface area contributed by atoms with Gasteiger partial charge in [0.25, 0.3) is 0 Å². The average Bonchev–Trinajstić information content (AvgIpc) is 3.07. The molecule has 7 heteroatoms. The standard InChI is InChI=1S/C17H19F3N2OS/c18-17(19,20)15-12-21-16(24-15)22-9-6-14(7-10-22)23-11-8-13-4-2-1-3-5-13/h1-5,12,14H,6-11H2. The van der Waals surface area contributed by atoms with E-state index in [1.807, 2.05) is 23.1 Å². The predicted molar refractivity (Wildman–Crippen MR) is 88.4 cm³/mol. The van der Waals surface area contributed by atoms with Crippen LogP contribution in [0.25, 0.3) is 0 Å². The number of thiazole rings is 1. The molecule has 1 aromatic heterocycles. The first kappa shape index (κ1) is 17.2. The second kappa shape index (κ2) is 7.53. The van der Waals surface area contributed by atoms with Gasteiger partial charge in [-0.05, 0) is 24.8 Å². The molecule has 0 unspecified atom stereocenters. The zero-order valence-electron chi connectivity index (χ0n) is 13.1. The molecular weight excluding hydrogens is 337 g/mol. The molecule has 1 saturated heterocycles. The highest BCUT2D eigenvalue weighted by Gasteiger charge is 2.34. The summed E-state index contributed by atoms with van der Waals surface area (Å²) in [6, 6.07) is 10.2. The van der Waals surface area contributed by atoms with E-state index in [0.717, 1.165) is 25.5 Å². The van der Waals surface area contributed by atoms with Gasteiger partial charge in [-0.3, -0.25) is 0 Å². The minimum atomic E-state index is -4.31. The quantitative estimate of drug-likeness (QED) is 0.794. The average molecular weight is 356 g/mol. The smallest absolute Gasteiger partial charge is 0.378 e. The molecule has 0 radical (unpaired) electrons. The zero-order valence-corrected chi connectivity index (χ0v) is 13.9. The summed E-state index contributed by atoms with van der Waals surface area (Å²) in [6.45, 7) is 2.03. The monoisotopic (exact) mass is 356 g/mol. The Morgan fingerprint density at radius 3 is 2.50 bits per heavy atom.